The molecular formula is C11H22N2S. The quantitative estimate of drug-likeness (QED) is 0.704. The lowest BCUT2D eigenvalue weighted by Gasteiger charge is -2.40. The maximum Gasteiger partial charge on any atom is 0.108 e. The molecule has 2 rings (SSSR count). The van der Waals surface area contributed by atoms with Crippen LogP contribution in [0.2, 0.25) is 0 Å². The molecule has 0 aromatic heterocycles. The first-order valence-electron chi connectivity index (χ1n) is 6.04. The number of nitrogens with zero attached hydrogens (tertiary/aromatic N) is 2. The van der Waals surface area contributed by atoms with Gasteiger partial charge in [0.25, 0.3) is 0 Å². The van der Waals surface area contributed by atoms with E-state index in [4.69, 9.17) is 12.6 Å². The van der Waals surface area contributed by atoms with E-state index in [1.54, 1.807) is 0 Å². The van der Waals surface area contributed by atoms with Crippen LogP contribution in [0.15, 0.2) is 0 Å². The molecule has 0 N–H and O–H groups in total. The summed E-state index contributed by atoms with van der Waals surface area (Å²) in [5, 5.41) is 0. The van der Waals surface area contributed by atoms with Crippen LogP contribution in [-0.2, 0) is 0 Å². The minimum absolute atomic E-state index is 0.399. The maximum atomic E-state index is 4.77. The molecule has 2 saturated heterocycles. The average molecular weight is 214 g/mol. The van der Waals surface area contributed by atoms with Crippen molar-refractivity contribution in [2.24, 2.45) is 0 Å². The van der Waals surface area contributed by atoms with Gasteiger partial charge in [0.15, 0.2) is 0 Å². The van der Waals surface area contributed by atoms with E-state index in [0.717, 1.165) is 0 Å². The molecule has 0 aromatic rings. The zero-order chi connectivity index (χ0) is 9.80. The third-order valence-corrected chi connectivity index (χ3v) is 4.09. The van der Waals surface area contributed by atoms with Gasteiger partial charge in [-0.1, -0.05) is 12.8 Å². The molecule has 2 aliphatic rings. The Labute approximate surface area is 93.1 Å². The number of piperidine rings is 2. The summed E-state index contributed by atoms with van der Waals surface area (Å²) in [6.07, 6.45) is 8.29. The van der Waals surface area contributed by atoms with Gasteiger partial charge in [0.1, 0.15) is 5.50 Å². The van der Waals surface area contributed by atoms with Crippen LogP contribution in [0.4, 0.5) is 0 Å². The fourth-order valence-corrected chi connectivity index (χ4v) is 2.99. The zero-order valence-electron chi connectivity index (χ0n) is 8.99. The van der Waals surface area contributed by atoms with E-state index in [0.29, 0.717) is 5.50 Å². The molecule has 0 aliphatic carbocycles. The van der Waals surface area contributed by atoms with Gasteiger partial charge in [0.05, 0.1) is 0 Å². The Balaban J connectivity index is 1.82. The van der Waals surface area contributed by atoms with Gasteiger partial charge in [0.2, 0.25) is 0 Å². The smallest absolute Gasteiger partial charge is 0.108 e. The van der Waals surface area contributed by atoms with Crippen molar-refractivity contribution < 1.29 is 0 Å². The van der Waals surface area contributed by atoms with E-state index >= 15 is 0 Å². The summed E-state index contributed by atoms with van der Waals surface area (Å²) in [4.78, 5) is 5.08. The van der Waals surface area contributed by atoms with Crippen molar-refractivity contribution in [2.75, 3.05) is 26.2 Å². The Morgan fingerprint density at radius 3 is 1.36 bits per heavy atom. The molecule has 0 aromatic carbocycles. The molecule has 2 aliphatic heterocycles. The highest BCUT2D eigenvalue weighted by molar-refractivity contribution is 7.80. The van der Waals surface area contributed by atoms with E-state index in [9.17, 15) is 0 Å². The van der Waals surface area contributed by atoms with E-state index in [1.807, 2.05) is 0 Å². The lowest BCUT2D eigenvalue weighted by atomic mass is 10.1. The van der Waals surface area contributed by atoms with E-state index < -0.39 is 0 Å². The SMILES string of the molecule is SC(N1CCCCC1)N1CCCCC1. The number of thiol groups is 1. The van der Waals surface area contributed by atoms with E-state index in [1.165, 1.54) is 64.7 Å². The summed E-state index contributed by atoms with van der Waals surface area (Å²) in [6, 6.07) is 0. The molecule has 82 valence electrons. The monoisotopic (exact) mass is 214 g/mol. The van der Waals surface area contributed by atoms with Crippen LogP contribution >= 0.6 is 12.6 Å². The molecular weight excluding hydrogens is 192 g/mol. The zero-order valence-corrected chi connectivity index (χ0v) is 9.88. The van der Waals surface area contributed by atoms with Gasteiger partial charge in [-0.15, -0.1) is 12.6 Å². The normalized spacial score (nSPS) is 27.0. The van der Waals surface area contributed by atoms with Crippen molar-refractivity contribution in [3.63, 3.8) is 0 Å². The average Bonchev–Trinajstić information content (AvgIpc) is 2.30. The molecule has 3 heteroatoms. The Bertz CT molecular complexity index is 145. The molecule has 2 heterocycles. The van der Waals surface area contributed by atoms with Crippen LogP contribution in [-0.4, -0.2) is 41.5 Å². The minimum Gasteiger partial charge on any atom is -0.280 e. The number of hydrogen-bond acceptors (Lipinski definition) is 3. The highest BCUT2D eigenvalue weighted by Crippen LogP contribution is 2.20. The first kappa shape index (κ1) is 10.8. The van der Waals surface area contributed by atoms with Gasteiger partial charge in [-0.05, 0) is 25.7 Å². The second-order valence-corrected chi connectivity index (χ2v) is 5.00. The minimum atomic E-state index is 0.399. The van der Waals surface area contributed by atoms with Crippen LogP contribution < -0.4 is 0 Å². The third kappa shape index (κ3) is 2.65. The van der Waals surface area contributed by atoms with Crippen molar-refractivity contribution in [2.45, 2.75) is 44.0 Å². The van der Waals surface area contributed by atoms with Gasteiger partial charge >= 0.3 is 0 Å². The van der Waals surface area contributed by atoms with Crippen molar-refractivity contribution >= 4 is 12.6 Å². The highest BCUT2D eigenvalue weighted by Gasteiger charge is 2.24. The van der Waals surface area contributed by atoms with Crippen molar-refractivity contribution in [1.29, 1.82) is 0 Å². The second-order valence-electron chi connectivity index (χ2n) is 4.54. The first-order chi connectivity index (χ1) is 6.88. The van der Waals surface area contributed by atoms with Gasteiger partial charge in [-0.2, -0.15) is 0 Å². The summed E-state index contributed by atoms with van der Waals surface area (Å²) in [7, 11) is 0. The summed E-state index contributed by atoms with van der Waals surface area (Å²) in [6.45, 7) is 5.02. The molecule has 0 saturated carbocycles. The summed E-state index contributed by atoms with van der Waals surface area (Å²) in [5.74, 6) is 0. The number of rotatable bonds is 2. The molecule has 0 amide bonds. The standard InChI is InChI=1S/C11H22N2S/c14-11(12-7-3-1-4-8-12)13-9-5-2-6-10-13/h11,14H,1-10H2. The van der Waals surface area contributed by atoms with E-state index in [-0.39, 0.29) is 0 Å². The van der Waals surface area contributed by atoms with E-state index in [2.05, 4.69) is 9.80 Å². The largest absolute Gasteiger partial charge is 0.280 e. The summed E-state index contributed by atoms with van der Waals surface area (Å²) in [5.41, 5.74) is 0.399. The Kier molecular flexibility index (Phi) is 4.14. The van der Waals surface area contributed by atoms with Gasteiger partial charge in [-0.3, -0.25) is 9.80 Å². The summed E-state index contributed by atoms with van der Waals surface area (Å²) < 4.78 is 0. The molecule has 0 spiro atoms. The van der Waals surface area contributed by atoms with Crippen LogP contribution in [0, 0.1) is 0 Å². The van der Waals surface area contributed by atoms with Crippen molar-refractivity contribution in [3.05, 3.63) is 0 Å². The van der Waals surface area contributed by atoms with Crippen LogP contribution in [0.5, 0.6) is 0 Å². The molecule has 0 radical (unpaired) electrons. The Morgan fingerprint density at radius 1 is 0.643 bits per heavy atom. The molecule has 0 unspecified atom stereocenters. The Hall–Kier alpha value is 0.270. The predicted molar refractivity (Wildman–Crippen MR) is 63.6 cm³/mol. The topological polar surface area (TPSA) is 6.48 Å². The lowest BCUT2D eigenvalue weighted by molar-refractivity contribution is 0.0752. The number of hydrogen-bond donors (Lipinski definition) is 1. The van der Waals surface area contributed by atoms with Crippen LogP contribution in [0.3, 0.4) is 0 Å². The highest BCUT2D eigenvalue weighted by atomic mass is 32.1. The van der Waals surface area contributed by atoms with Crippen LogP contribution in [0.25, 0.3) is 0 Å². The van der Waals surface area contributed by atoms with Gasteiger partial charge < -0.3 is 0 Å². The van der Waals surface area contributed by atoms with Crippen molar-refractivity contribution in [1.82, 2.24) is 9.80 Å². The molecule has 2 fully saturated rings. The molecule has 14 heavy (non-hydrogen) atoms. The second kappa shape index (κ2) is 5.38. The van der Waals surface area contributed by atoms with Crippen LogP contribution in [0.1, 0.15) is 38.5 Å². The molecule has 2 nitrogen and oxygen atoms in total. The fourth-order valence-electron chi connectivity index (χ4n) is 2.53. The van der Waals surface area contributed by atoms with Gasteiger partial charge in [0, 0.05) is 26.2 Å². The maximum absolute atomic E-state index is 4.77. The first-order valence-corrected chi connectivity index (χ1v) is 6.56. The summed E-state index contributed by atoms with van der Waals surface area (Å²) >= 11 is 4.77. The molecule has 0 atom stereocenters. The van der Waals surface area contributed by atoms with Gasteiger partial charge in [-0.25, -0.2) is 0 Å². The lowest BCUT2D eigenvalue weighted by Crippen LogP contribution is -2.48. The number of likely N-dealkylation sites (tertiary alicyclic amines) is 2. The van der Waals surface area contributed by atoms with Crippen molar-refractivity contribution in [3.8, 4) is 0 Å². The third-order valence-electron chi connectivity index (χ3n) is 3.43. The predicted octanol–water partition coefficient (Wildman–Crippen LogP) is 2.17. The molecule has 0 bridgehead atoms. The Morgan fingerprint density at radius 2 is 1.00 bits per heavy atom. The fraction of sp³-hybridized carbons (Fsp3) is 1.00.